The molecule has 2 nitrogen and oxygen atoms in total. The van der Waals surface area contributed by atoms with Crippen LogP contribution < -0.4 is 0 Å². The third kappa shape index (κ3) is 6.94. The van der Waals surface area contributed by atoms with E-state index in [0.717, 1.165) is 17.8 Å². The number of nitrogens with zero attached hydrogens (tertiary/aromatic N) is 1. The van der Waals surface area contributed by atoms with Crippen molar-refractivity contribution in [3.05, 3.63) is 0 Å². The highest BCUT2D eigenvalue weighted by molar-refractivity contribution is 6.52. The summed E-state index contributed by atoms with van der Waals surface area (Å²) in [6, 6.07) is 0. The molecule has 0 N–H and O–H groups in total. The van der Waals surface area contributed by atoms with E-state index in [0.29, 0.717) is 6.10 Å². The molecule has 1 aliphatic rings. The first-order valence-electron chi connectivity index (χ1n) is 8.80. The van der Waals surface area contributed by atoms with E-state index >= 15 is 0 Å². The number of rotatable bonds is 8. The van der Waals surface area contributed by atoms with Gasteiger partial charge in [0.2, 0.25) is 0 Å². The SMILES string of the molecule is CCN1CCCC(C(C)[O][Al]([CH2]C(C)C)[CH2]C(C)C)C1. The predicted molar refractivity (Wildman–Crippen MR) is 90.4 cm³/mol. The minimum atomic E-state index is -1.03. The van der Waals surface area contributed by atoms with Crippen molar-refractivity contribution in [1.29, 1.82) is 0 Å². The maximum Gasteiger partial charge on any atom is 0.461 e. The van der Waals surface area contributed by atoms with Gasteiger partial charge in [-0.1, -0.05) is 57.0 Å². The second kappa shape index (κ2) is 9.47. The quantitative estimate of drug-likeness (QED) is 0.615. The van der Waals surface area contributed by atoms with Gasteiger partial charge in [0, 0.05) is 12.6 Å². The minimum Gasteiger partial charge on any atom is -0.498 e. The molecule has 0 radical (unpaired) electrons. The Kier molecular flexibility index (Phi) is 8.76. The molecule has 0 aliphatic carbocycles. The molecule has 2 atom stereocenters. The van der Waals surface area contributed by atoms with Crippen LogP contribution in [0.5, 0.6) is 0 Å². The van der Waals surface area contributed by atoms with Gasteiger partial charge in [-0.15, -0.1) is 0 Å². The van der Waals surface area contributed by atoms with Gasteiger partial charge in [-0.25, -0.2) is 0 Å². The third-order valence-electron chi connectivity index (χ3n) is 4.53. The van der Waals surface area contributed by atoms with Crippen molar-refractivity contribution in [3.63, 3.8) is 0 Å². The topological polar surface area (TPSA) is 12.5 Å². The van der Waals surface area contributed by atoms with Crippen LogP contribution in [-0.4, -0.2) is 45.1 Å². The molecule has 1 fully saturated rings. The lowest BCUT2D eigenvalue weighted by atomic mass is 9.93. The summed E-state index contributed by atoms with van der Waals surface area (Å²) in [4.78, 5) is 2.59. The Balaban J connectivity index is 2.48. The summed E-state index contributed by atoms with van der Waals surface area (Å²) in [6.07, 6.45) is 3.19. The molecular weight excluding hydrogens is 261 g/mol. The van der Waals surface area contributed by atoms with Crippen LogP contribution in [-0.2, 0) is 3.79 Å². The minimum absolute atomic E-state index is 0.471. The van der Waals surface area contributed by atoms with Gasteiger partial charge in [-0.3, -0.25) is 0 Å². The zero-order valence-corrected chi connectivity index (χ0v) is 15.8. The number of likely N-dealkylation sites (tertiary alicyclic amines) is 1. The van der Waals surface area contributed by atoms with Crippen molar-refractivity contribution in [3.8, 4) is 0 Å². The molecule has 0 spiro atoms. The van der Waals surface area contributed by atoms with Gasteiger partial charge in [0.05, 0.1) is 0 Å². The van der Waals surface area contributed by atoms with Gasteiger partial charge >= 0.3 is 14.5 Å². The summed E-state index contributed by atoms with van der Waals surface area (Å²) >= 11 is -1.03. The maximum atomic E-state index is 6.62. The van der Waals surface area contributed by atoms with Crippen molar-refractivity contribution in [2.75, 3.05) is 19.6 Å². The summed E-state index contributed by atoms with van der Waals surface area (Å²) in [5.41, 5.74) is 0. The van der Waals surface area contributed by atoms with Gasteiger partial charge in [0.25, 0.3) is 0 Å². The van der Waals surface area contributed by atoms with E-state index in [1.54, 1.807) is 0 Å². The van der Waals surface area contributed by atoms with Crippen LogP contribution in [0, 0.1) is 17.8 Å². The van der Waals surface area contributed by atoms with Gasteiger partial charge in [-0.2, -0.15) is 0 Å². The lowest BCUT2D eigenvalue weighted by molar-refractivity contribution is 0.0781. The number of hydrogen-bond donors (Lipinski definition) is 0. The monoisotopic (exact) mass is 297 g/mol. The summed E-state index contributed by atoms with van der Waals surface area (Å²) in [7, 11) is 0. The molecule has 0 amide bonds. The summed E-state index contributed by atoms with van der Waals surface area (Å²) in [5.74, 6) is 2.34. The van der Waals surface area contributed by atoms with Crippen LogP contribution in [0.2, 0.25) is 10.6 Å². The van der Waals surface area contributed by atoms with E-state index in [9.17, 15) is 0 Å². The van der Waals surface area contributed by atoms with Crippen molar-refractivity contribution in [2.24, 2.45) is 17.8 Å². The zero-order valence-electron chi connectivity index (χ0n) is 14.7. The fourth-order valence-corrected chi connectivity index (χ4v) is 6.78. The van der Waals surface area contributed by atoms with Crippen LogP contribution in [0.1, 0.15) is 54.4 Å². The molecule has 1 heterocycles. The molecular formula is C17H36AlNO. The highest BCUT2D eigenvalue weighted by Gasteiger charge is 2.30. The number of hydrogen-bond acceptors (Lipinski definition) is 2. The first-order valence-corrected chi connectivity index (χ1v) is 10.9. The van der Waals surface area contributed by atoms with E-state index in [1.807, 2.05) is 0 Å². The largest absolute Gasteiger partial charge is 0.498 e. The second-order valence-corrected chi connectivity index (χ2v) is 9.98. The first kappa shape index (κ1) is 18.5. The third-order valence-corrected chi connectivity index (χ3v) is 8.28. The molecule has 0 aromatic rings. The molecule has 2 unspecified atom stereocenters. The molecule has 1 saturated heterocycles. The highest BCUT2D eigenvalue weighted by atomic mass is 27.2. The van der Waals surface area contributed by atoms with E-state index in [1.165, 1.54) is 43.0 Å². The Morgan fingerprint density at radius 1 is 1.10 bits per heavy atom. The average Bonchev–Trinajstić information content (AvgIpc) is 2.37. The lowest BCUT2D eigenvalue weighted by Crippen LogP contribution is -2.42. The second-order valence-electron chi connectivity index (χ2n) is 7.52. The Bertz CT molecular complexity index is 247. The fraction of sp³-hybridized carbons (Fsp3) is 1.00. The van der Waals surface area contributed by atoms with Crippen LogP contribution in [0.25, 0.3) is 0 Å². The fourth-order valence-electron chi connectivity index (χ4n) is 3.44. The van der Waals surface area contributed by atoms with E-state index < -0.39 is 14.5 Å². The van der Waals surface area contributed by atoms with E-state index in [4.69, 9.17) is 3.79 Å². The van der Waals surface area contributed by atoms with Crippen LogP contribution in [0.4, 0.5) is 0 Å². The molecule has 3 heteroatoms. The van der Waals surface area contributed by atoms with Gasteiger partial charge in [0.1, 0.15) is 0 Å². The van der Waals surface area contributed by atoms with Gasteiger partial charge in [0.15, 0.2) is 0 Å². The molecule has 0 bridgehead atoms. The van der Waals surface area contributed by atoms with E-state index in [2.05, 4.69) is 46.4 Å². The smallest absolute Gasteiger partial charge is 0.461 e. The molecule has 20 heavy (non-hydrogen) atoms. The molecule has 1 rings (SSSR count). The predicted octanol–water partition coefficient (Wildman–Crippen LogP) is 4.43. The molecule has 118 valence electrons. The maximum absolute atomic E-state index is 6.62. The molecule has 0 aromatic carbocycles. The summed E-state index contributed by atoms with van der Waals surface area (Å²) in [6.45, 7) is 17.7. The Morgan fingerprint density at radius 3 is 2.20 bits per heavy atom. The number of piperidine rings is 1. The van der Waals surface area contributed by atoms with Crippen LogP contribution in [0.15, 0.2) is 0 Å². The van der Waals surface area contributed by atoms with Crippen LogP contribution >= 0.6 is 0 Å². The van der Waals surface area contributed by atoms with Gasteiger partial charge < -0.3 is 8.69 Å². The average molecular weight is 297 g/mol. The van der Waals surface area contributed by atoms with Gasteiger partial charge in [-0.05, 0) is 38.8 Å². The Hall–Kier alpha value is 0.452. The molecule has 0 saturated carbocycles. The Labute approximate surface area is 132 Å². The Morgan fingerprint density at radius 2 is 1.70 bits per heavy atom. The normalized spacial score (nSPS) is 22.5. The standard InChI is InChI=1S/C9H18NO.2C4H9.Al/c1-3-10-6-4-5-9(7-10)8(2)11;2*1-4(2)3;/h8-9H,3-7H2,1-2H3;2*4H,1H2,2-3H3;/q-1;;;+1. The molecule has 1 aliphatic heterocycles. The van der Waals surface area contributed by atoms with Crippen molar-refractivity contribution < 1.29 is 3.79 Å². The van der Waals surface area contributed by atoms with Crippen molar-refractivity contribution in [1.82, 2.24) is 4.90 Å². The zero-order chi connectivity index (χ0) is 15.1. The highest BCUT2D eigenvalue weighted by Crippen LogP contribution is 2.25. The van der Waals surface area contributed by atoms with Crippen LogP contribution in [0.3, 0.4) is 0 Å². The first-order chi connectivity index (χ1) is 9.42. The molecule has 0 aromatic heterocycles. The van der Waals surface area contributed by atoms with Crippen molar-refractivity contribution >= 4 is 14.5 Å². The van der Waals surface area contributed by atoms with Crippen molar-refractivity contribution in [2.45, 2.75) is 71.1 Å². The summed E-state index contributed by atoms with van der Waals surface area (Å²) in [5, 5.41) is 2.68. The summed E-state index contributed by atoms with van der Waals surface area (Å²) < 4.78 is 6.62. The lowest BCUT2D eigenvalue weighted by Gasteiger charge is -2.36. The van der Waals surface area contributed by atoms with E-state index in [-0.39, 0.29) is 0 Å².